The molecule has 1 aromatic carbocycles. The Labute approximate surface area is 97.6 Å². The summed E-state index contributed by atoms with van der Waals surface area (Å²) < 4.78 is 0. The average molecular weight is 259 g/mol. The van der Waals surface area contributed by atoms with Gasteiger partial charge in [0.2, 0.25) is 0 Å². The van der Waals surface area contributed by atoms with Gasteiger partial charge >= 0.3 is 5.69 Å². The molecule has 0 aliphatic heterocycles. The lowest BCUT2D eigenvalue weighted by Gasteiger charge is -2.04. The van der Waals surface area contributed by atoms with Gasteiger partial charge in [0, 0.05) is 11.6 Å². The molecule has 0 amide bonds. The number of aromatic hydroxyl groups is 1. The van der Waals surface area contributed by atoms with E-state index in [-0.39, 0.29) is 0 Å². The van der Waals surface area contributed by atoms with Crippen molar-refractivity contribution in [2.24, 2.45) is 0 Å². The Morgan fingerprint density at radius 1 is 1.11 bits per heavy atom. The number of nitro benzene ring substituents is 2. The van der Waals surface area contributed by atoms with Crippen molar-refractivity contribution in [3.63, 3.8) is 0 Å². The highest BCUT2D eigenvalue weighted by molar-refractivity contribution is 5.57. The second-order valence-electron chi connectivity index (χ2n) is 2.98. The second-order valence-corrected chi connectivity index (χ2v) is 2.98. The molecule has 0 atom stereocenters. The molecule has 0 saturated heterocycles. The molecule has 96 valence electrons. The molecule has 0 fully saturated rings. The summed E-state index contributed by atoms with van der Waals surface area (Å²) in [5, 5.41) is 39.2. The Balaban J connectivity index is 3.26. The third-order valence-electron chi connectivity index (χ3n) is 1.89. The molecule has 11 heteroatoms. The molecule has 0 aliphatic rings. The number of hydrogen-bond acceptors (Lipinski definition) is 8. The summed E-state index contributed by atoms with van der Waals surface area (Å²) in [5.74, 6) is -0.910. The molecular formula is C7H5N3O8. The maximum Gasteiger partial charge on any atom is 0.317 e. The van der Waals surface area contributed by atoms with Gasteiger partial charge in [-0.25, -0.2) is 0 Å². The smallest absolute Gasteiger partial charge is 0.317 e. The van der Waals surface area contributed by atoms with Crippen LogP contribution in [0.3, 0.4) is 0 Å². The summed E-state index contributed by atoms with van der Waals surface area (Å²) in [6, 6.07) is 1.30. The van der Waals surface area contributed by atoms with E-state index in [1.54, 1.807) is 0 Å². The fourth-order valence-corrected chi connectivity index (χ4v) is 1.14. The molecule has 0 saturated carbocycles. The van der Waals surface area contributed by atoms with E-state index in [1.807, 2.05) is 0 Å². The van der Waals surface area contributed by atoms with Crippen LogP contribution >= 0.6 is 0 Å². The molecule has 1 N–H and O–H groups in total. The van der Waals surface area contributed by atoms with Crippen LogP contribution in [0.4, 0.5) is 11.4 Å². The fraction of sp³-hybridized carbons (Fsp3) is 0.143. The first-order valence-electron chi connectivity index (χ1n) is 4.25. The second kappa shape index (κ2) is 4.90. The molecule has 0 heterocycles. The van der Waals surface area contributed by atoms with Gasteiger partial charge in [0.05, 0.1) is 15.9 Å². The van der Waals surface area contributed by atoms with Crippen LogP contribution in [0, 0.1) is 30.3 Å². The topological polar surface area (TPSA) is 159 Å². The predicted molar refractivity (Wildman–Crippen MR) is 53.2 cm³/mol. The maximum atomic E-state index is 10.5. The Morgan fingerprint density at radius 2 is 1.72 bits per heavy atom. The molecule has 1 aromatic rings. The molecule has 0 spiro atoms. The van der Waals surface area contributed by atoms with Crippen molar-refractivity contribution in [3.05, 3.63) is 48.0 Å². The van der Waals surface area contributed by atoms with E-state index in [9.17, 15) is 35.4 Å². The summed E-state index contributed by atoms with van der Waals surface area (Å²) in [7, 11) is 0. The molecule has 1 rings (SSSR count). The van der Waals surface area contributed by atoms with Crippen LogP contribution in [0.5, 0.6) is 5.75 Å². The number of nitro groups is 2. The molecule has 0 radical (unpaired) electrons. The van der Waals surface area contributed by atoms with Crippen molar-refractivity contribution in [2.75, 3.05) is 0 Å². The van der Waals surface area contributed by atoms with Crippen molar-refractivity contribution in [3.8, 4) is 5.75 Å². The van der Waals surface area contributed by atoms with E-state index in [1.165, 1.54) is 0 Å². The van der Waals surface area contributed by atoms with Gasteiger partial charge in [0.25, 0.3) is 10.8 Å². The van der Waals surface area contributed by atoms with Gasteiger partial charge < -0.3 is 9.94 Å². The lowest BCUT2D eigenvalue weighted by atomic mass is 10.1. The minimum absolute atomic E-state index is 0.424. The zero-order valence-corrected chi connectivity index (χ0v) is 8.51. The first-order chi connectivity index (χ1) is 8.32. The predicted octanol–water partition coefficient (Wildman–Crippen LogP) is 0.917. The molecule has 18 heavy (non-hydrogen) atoms. The number of phenols is 1. The van der Waals surface area contributed by atoms with Gasteiger partial charge in [-0.3, -0.25) is 20.2 Å². The fourth-order valence-electron chi connectivity index (χ4n) is 1.14. The van der Waals surface area contributed by atoms with Crippen LogP contribution in [0.25, 0.3) is 0 Å². The van der Waals surface area contributed by atoms with Gasteiger partial charge in [-0.05, 0) is 0 Å². The van der Waals surface area contributed by atoms with Crippen LogP contribution in [0.2, 0.25) is 0 Å². The average Bonchev–Trinajstić information content (AvgIpc) is 2.26. The number of benzene rings is 1. The van der Waals surface area contributed by atoms with E-state index in [0.717, 1.165) is 6.07 Å². The van der Waals surface area contributed by atoms with Crippen molar-refractivity contribution >= 4 is 11.4 Å². The molecule has 0 aliphatic carbocycles. The van der Waals surface area contributed by atoms with Crippen LogP contribution < -0.4 is 0 Å². The molecule has 0 aromatic heterocycles. The lowest BCUT2D eigenvalue weighted by Crippen LogP contribution is -2.03. The van der Waals surface area contributed by atoms with E-state index in [0.29, 0.717) is 6.07 Å². The highest BCUT2D eigenvalue weighted by Crippen LogP contribution is 2.34. The molecule has 0 bridgehead atoms. The number of phenolic OH excluding ortho intramolecular Hbond substituents is 1. The monoisotopic (exact) mass is 259 g/mol. The summed E-state index contributed by atoms with van der Waals surface area (Å²) >= 11 is 0. The third-order valence-corrected chi connectivity index (χ3v) is 1.89. The van der Waals surface area contributed by atoms with Gasteiger partial charge in [0.1, 0.15) is 6.61 Å². The minimum Gasteiger partial charge on any atom is -0.502 e. The standard InChI is InChI=1S/C7H5N3O8/c11-7-4(3-18-10(16)17)1-5(8(12)13)2-6(7)9(14)15/h1-2,11H,3H2. The molecular weight excluding hydrogens is 254 g/mol. The molecule has 0 unspecified atom stereocenters. The minimum atomic E-state index is -1.19. The highest BCUT2D eigenvalue weighted by Gasteiger charge is 2.24. The SMILES string of the molecule is O=[N+]([O-])OCc1cc([N+](=O)[O-])cc([N+](=O)[O-])c1O. The summed E-state index contributed by atoms with van der Waals surface area (Å²) in [4.78, 5) is 32.9. The maximum absolute atomic E-state index is 10.5. The molecule has 11 nitrogen and oxygen atoms in total. The Kier molecular flexibility index (Phi) is 3.56. The zero-order chi connectivity index (χ0) is 13.9. The van der Waals surface area contributed by atoms with Crippen molar-refractivity contribution < 1.29 is 24.9 Å². The van der Waals surface area contributed by atoms with E-state index in [2.05, 4.69) is 4.84 Å². The van der Waals surface area contributed by atoms with Crippen LogP contribution in [0.15, 0.2) is 12.1 Å². The van der Waals surface area contributed by atoms with Crippen molar-refractivity contribution in [1.82, 2.24) is 0 Å². The van der Waals surface area contributed by atoms with E-state index < -0.39 is 44.2 Å². The Hall–Kier alpha value is -2.98. The third kappa shape index (κ3) is 2.78. The summed E-state index contributed by atoms with van der Waals surface area (Å²) in [6.07, 6.45) is 0. The van der Waals surface area contributed by atoms with Crippen LogP contribution in [0.1, 0.15) is 5.56 Å². The first kappa shape index (κ1) is 13.1. The van der Waals surface area contributed by atoms with E-state index >= 15 is 0 Å². The number of nitrogens with zero attached hydrogens (tertiary/aromatic N) is 3. The zero-order valence-electron chi connectivity index (χ0n) is 8.51. The largest absolute Gasteiger partial charge is 0.502 e. The van der Waals surface area contributed by atoms with Crippen molar-refractivity contribution in [1.29, 1.82) is 0 Å². The number of non-ortho nitro benzene ring substituents is 1. The number of hydrogen-bond donors (Lipinski definition) is 1. The number of rotatable bonds is 5. The highest BCUT2D eigenvalue weighted by atomic mass is 16.9. The van der Waals surface area contributed by atoms with Crippen LogP contribution in [-0.4, -0.2) is 20.0 Å². The summed E-state index contributed by atoms with van der Waals surface area (Å²) in [6.45, 7) is -0.832. The Bertz CT molecular complexity index is 528. The van der Waals surface area contributed by atoms with Gasteiger partial charge in [0.15, 0.2) is 5.75 Å². The normalized spacial score (nSPS) is 9.78. The van der Waals surface area contributed by atoms with Gasteiger partial charge in [-0.15, -0.1) is 10.1 Å². The summed E-state index contributed by atoms with van der Waals surface area (Å²) in [5.41, 5.74) is -2.03. The lowest BCUT2D eigenvalue weighted by molar-refractivity contribution is -0.763. The first-order valence-corrected chi connectivity index (χ1v) is 4.25. The Morgan fingerprint density at radius 3 is 2.17 bits per heavy atom. The van der Waals surface area contributed by atoms with Crippen LogP contribution in [-0.2, 0) is 11.4 Å². The van der Waals surface area contributed by atoms with Gasteiger partial charge in [-0.1, -0.05) is 0 Å². The van der Waals surface area contributed by atoms with Crippen molar-refractivity contribution in [2.45, 2.75) is 6.61 Å². The quantitative estimate of drug-likeness (QED) is 0.603. The van der Waals surface area contributed by atoms with Gasteiger partial charge in [-0.2, -0.15) is 0 Å². The van der Waals surface area contributed by atoms with E-state index in [4.69, 9.17) is 0 Å².